The van der Waals surface area contributed by atoms with Gasteiger partial charge in [-0.2, -0.15) is 0 Å². The largest absolute Gasteiger partial charge is 0.385 e. The Bertz CT molecular complexity index is 692. The molecule has 214 valence electrons. The van der Waals surface area contributed by atoms with Crippen LogP contribution in [0.2, 0.25) is 0 Å². The molecule has 13 heteroatoms. The van der Waals surface area contributed by atoms with E-state index in [9.17, 15) is 24.0 Å². The van der Waals surface area contributed by atoms with Gasteiger partial charge in [0, 0.05) is 53.4 Å². The molecule has 0 spiro atoms. The average Bonchev–Trinajstić information content (AvgIpc) is 2.87. The van der Waals surface area contributed by atoms with Gasteiger partial charge >= 0.3 is 0 Å². The van der Waals surface area contributed by atoms with Gasteiger partial charge in [0.1, 0.15) is 6.04 Å². The van der Waals surface area contributed by atoms with E-state index in [0.29, 0.717) is 26.3 Å². The molecule has 0 aliphatic carbocycles. The van der Waals surface area contributed by atoms with E-state index in [-0.39, 0.29) is 37.5 Å². The second-order valence-corrected chi connectivity index (χ2v) is 8.74. The smallest absolute Gasteiger partial charge is 0.243 e. The van der Waals surface area contributed by atoms with Crippen molar-refractivity contribution in [2.45, 2.75) is 76.3 Å². The summed E-state index contributed by atoms with van der Waals surface area (Å²) in [6.07, 6.45) is 5.40. The normalized spacial score (nSPS) is 12.3. The molecule has 0 aromatic carbocycles. The predicted molar refractivity (Wildman–Crippen MR) is 138 cm³/mol. The van der Waals surface area contributed by atoms with Gasteiger partial charge in [0.2, 0.25) is 29.5 Å². The van der Waals surface area contributed by atoms with Gasteiger partial charge in [0.25, 0.3) is 0 Å². The van der Waals surface area contributed by atoms with Crippen LogP contribution in [0, 0.1) is 0 Å². The van der Waals surface area contributed by atoms with Crippen LogP contribution in [0.25, 0.3) is 0 Å². The number of primary amides is 1. The second kappa shape index (κ2) is 22.4. The highest BCUT2D eigenvalue weighted by molar-refractivity contribution is 5.92. The molecule has 0 aromatic heterocycles. The minimum Gasteiger partial charge on any atom is -0.385 e. The van der Waals surface area contributed by atoms with Crippen molar-refractivity contribution >= 4 is 29.5 Å². The number of hydrogen-bond acceptors (Lipinski definition) is 8. The minimum absolute atomic E-state index is 0.00210. The Labute approximate surface area is 219 Å². The SMILES string of the molecule is COCCCCCNC(=O)CCC(N)C(=O)NC(CCC(=O)NCCCCCOC)C(=O)NCC(N)=O. The minimum atomic E-state index is -1.09. The first-order valence-corrected chi connectivity index (χ1v) is 12.8. The molecule has 0 radical (unpaired) electrons. The lowest BCUT2D eigenvalue weighted by Crippen LogP contribution is -2.53. The number of hydrogen-bond donors (Lipinski definition) is 6. The Morgan fingerprint density at radius 1 is 0.703 bits per heavy atom. The van der Waals surface area contributed by atoms with Crippen molar-refractivity contribution in [2.75, 3.05) is 47.1 Å². The van der Waals surface area contributed by atoms with Crippen molar-refractivity contribution < 1.29 is 33.4 Å². The average molecular weight is 531 g/mol. The lowest BCUT2D eigenvalue weighted by molar-refractivity contribution is -0.131. The third-order valence-corrected chi connectivity index (χ3v) is 5.44. The second-order valence-electron chi connectivity index (χ2n) is 8.74. The zero-order valence-electron chi connectivity index (χ0n) is 22.3. The molecule has 0 aliphatic heterocycles. The maximum atomic E-state index is 12.5. The van der Waals surface area contributed by atoms with Crippen molar-refractivity contribution in [1.29, 1.82) is 0 Å². The van der Waals surface area contributed by atoms with Crippen LogP contribution in [-0.2, 0) is 33.4 Å². The molecular formula is C24H46N6O7. The first-order valence-electron chi connectivity index (χ1n) is 12.8. The first kappa shape index (κ1) is 34.2. The molecule has 8 N–H and O–H groups in total. The lowest BCUT2D eigenvalue weighted by atomic mass is 10.1. The molecule has 0 rings (SSSR count). The third-order valence-electron chi connectivity index (χ3n) is 5.44. The van der Waals surface area contributed by atoms with Crippen LogP contribution in [0.4, 0.5) is 0 Å². The van der Waals surface area contributed by atoms with Gasteiger partial charge in [-0.3, -0.25) is 24.0 Å². The van der Waals surface area contributed by atoms with Crippen LogP contribution >= 0.6 is 0 Å². The van der Waals surface area contributed by atoms with E-state index in [1.807, 2.05) is 0 Å². The Balaban J connectivity index is 4.56. The van der Waals surface area contributed by atoms with Crippen molar-refractivity contribution in [3.8, 4) is 0 Å². The molecule has 2 atom stereocenters. The lowest BCUT2D eigenvalue weighted by Gasteiger charge is -2.20. The quantitative estimate of drug-likeness (QED) is 0.0886. The summed E-state index contributed by atoms with van der Waals surface area (Å²) in [6, 6.07) is -2.12. The molecule has 0 heterocycles. The number of carbonyl (C=O) groups excluding carboxylic acids is 5. The summed E-state index contributed by atoms with van der Waals surface area (Å²) in [5, 5.41) is 10.4. The first-order chi connectivity index (χ1) is 17.7. The number of amides is 5. The number of unbranched alkanes of at least 4 members (excludes halogenated alkanes) is 4. The summed E-state index contributed by atoms with van der Waals surface area (Å²) in [5.74, 6) is -2.52. The van der Waals surface area contributed by atoms with Gasteiger partial charge in [-0.25, -0.2) is 0 Å². The van der Waals surface area contributed by atoms with Gasteiger partial charge in [0.05, 0.1) is 12.6 Å². The van der Waals surface area contributed by atoms with E-state index >= 15 is 0 Å². The van der Waals surface area contributed by atoms with Crippen molar-refractivity contribution in [2.24, 2.45) is 11.5 Å². The zero-order valence-corrected chi connectivity index (χ0v) is 22.3. The molecule has 0 fully saturated rings. The van der Waals surface area contributed by atoms with Crippen LogP contribution in [0.15, 0.2) is 0 Å². The van der Waals surface area contributed by atoms with E-state index in [0.717, 1.165) is 38.5 Å². The summed E-state index contributed by atoms with van der Waals surface area (Å²) in [4.78, 5) is 60.2. The summed E-state index contributed by atoms with van der Waals surface area (Å²) < 4.78 is 9.95. The molecule has 0 bridgehead atoms. The molecule has 13 nitrogen and oxygen atoms in total. The zero-order chi connectivity index (χ0) is 27.9. The Morgan fingerprint density at radius 2 is 1.22 bits per heavy atom. The fourth-order valence-corrected chi connectivity index (χ4v) is 3.27. The van der Waals surface area contributed by atoms with Gasteiger partial charge in [-0.1, -0.05) is 0 Å². The van der Waals surface area contributed by atoms with E-state index in [2.05, 4.69) is 21.3 Å². The Morgan fingerprint density at radius 3 is 1.70 bits per heavy atom. The highest BCUT2D eigenvalue weighted by atomic mass is 16.5. The molecule has 37 heavy (non-hydrogen) atoms. The maximum Gasteiger partial charge on any atom is 0.243 e. The van der Waals surface area contributed by atoms with Gasteiger partial charge in [-0.05, 0) is 51.4 Å². The molecule has 0 saturated heterocycles. The van der Waals surface area contributed by atoms with Gasteiger partial charge < -0.3 is 42.2 Å². The molecule has 2 unspecified atom stereocenters. The van der Waals surface area contributed by atoms with Crippen molar-refractivity contribution in [3.63, 3.8) is 0 Å². The fraction of sp³-hybridized carbons (Fsp3) is 0.792. The number of carbonyl (C=O) groups is 5. The monoisotopic (exact) mass is 530 g/mol. The van der Waals surface area contributed by atoms with Crippen LogP contribution in [0.1, 0.15) is 64.2 Å². The molecule has 5 amide bonds. The summed E-state index contributed by atoms with van der Waals surface area (Å²) in [7, 11) is 3.27. The number of nitrogens with two attached hydrogens (primary N) is 2. The number of methoxy groups -OCH3 is 2. The number of ether oxygens (including phenoxy) is 2. The summed E-state index contributed by atoms with van der Waals surface area (Å²) >= 11 is 0. The number of nitrogens with one attached hydrogen (secondary N) is 4. The molecule has 0 saturated carbocycles. The van der Waals surface area contributed by atoms with Gasteiger partial charge in [-0.15, -0.1) is 0 Å². The maximum absolute atomic E-state index is 12.5. The van der Waals surface area contributed by atoms with Crippen molar-refractivity contribution in [1.82, 2.24) is 21.3 Å². The Hall–Kier alpha value is -2.77. The van der Waals surface area contributed by atoms with Gasteiger partial charge in [0.15, 0.2) is 0 Å². The molecule has 0 aliphatic rings. The third kappa shape index (κ3) is 20.0. The van der Waals surface area contributed by atoms with Crippen LogP contribution in [0.5, 0.6) is 0 Å². The molecule has 0 aromatic rings. The Kier molecular flexibility index (Phi) is 20.8. The van der Waals surface area contributed by atoms with Crippen LogP contribution < -0.4 is 32.7 Å². The van der Waals surface area contributed by atoms with E-state index in [1.165, 1.54) is 0 Å². The van der Waals surface area contributed by atoms with E-state index in [1.54, 1.807) is 14.2 Å². The summed E-state index contributed by atoms with van der Waals surface area (Å²) in [5.41, 5.74) is 11.0. The summed E-state index contributed by atoms with van der Waals surface area (Å²) in [6.45, 7) is 1.96. The van der Waals surface area contributed by atoms with Crippen molar-refractivity contribution in [3.05, 3.63) is 0 Å². The van der Waals surface area contributed by atoms with E-state index in [4.69, 9.17) is 20.9 Å². The highest BCUT2D eigenvalue weighted by Crippen LogP contribution is 2.03. The topological polar surface area (TPSA) is 204 Å². The highest BCUT2D eigenvalue weighted by Gasteiger charge is 2.25. The van der Waals surface area contributed by atoms with Crippen LogP contribution in [0.3, 0.4) is 0 Å². The predicted octanol–water partition coefficient (Wildman–Crippen LogP) is -1.17. The fourth-order valence-electron chi connectivity index (χ4n) is 3.27. The number of rotatable bonds is 23. The van der Waals surface area contributed by atoms with E-state index < -0.39 is 36.3 Å². The van der Waals surface area contributed by atoms with Crippen LogP contribution in [-0.4, -0.2) is 88.7 Å². The molecular weight excluding hydrogens is 484 g/mol. The standard InChI is InChI=1S/C24H46N6O7/c1-36-15-7-3-5-13-27-21(32)11-9-18(25)23(34)30-19(24(35)29-17-20(26)31)10-12-22(33)28-14-6-4-8-16-37-2/h18-19H,3-17,25H2,1-2H3,(H2,26,31)(H,27,32)(H,28,33)(H,29,35)(H,30,34).